The van der Waals surface area contributed by atoms with Gasteiger partial charge in [-0.15, -0.1) is 0 Å². The molecule has 0 aliphatic heterocycles. The molecule has 4 heteroatoms. The van der Waals surface area contributed by atoms with E-state index in [0.717, 1.165) is 30.2 Å². The van der Waals surface area contributed by atoms with Crippen LogP contribution in [0.4, 0.5) is 0 Å². The first-order valence-electron chi connectivity index (χ1n) is 7.21. The highest BCUT2D eigenvalue weighted by Gasteiger charge is 2.11. The van der Waals surface area contributed by atoms with Gasteiger partial charge in [0, 0.05) is 30.4 Å². The smallest absolute Gasteiger partial charge is 0.0547 e. The summed E-state index contributed by atoms with van der Waals surface area (Å²) in [4.78, 5) is 7.11. The van der Waals surface area contributed by atoms with E-state index in [9.17, 15) is 0 Å². The van der Waals surface area contributed by atoms with Crippen LogP contribution in [0.1, 0.15) is 39.1 Å². The predicted octanol–water partition coefficient (Wildman–Crippen LogP) is 3.15. The molecule has 1 atom stereocenters. The number of rotatable bonds is 7. The Hall–Kier alpha value is -0.580. The quantitative estimate of drug-likeness (QED) is 0.836. The van der Waals surface area contributed by atoms with E-state index in [1.807, 2.05) is 11.8 Å². The molecule has 0 saturated heterocycles. The van der Waals surface area contributed by atoms with Gasteiger partial charge in [0.25, 0.3) is 0 Å². The number of hydrogen-bond donors (Lipinski definition) is 1. The molecule has 1 heterocycles. The van der Waals surface area contributed by atoms with Gasteiger partial charge in [-0.1, -0.05) is 6.07 Å². The van der Waals surface area contributed by atoms with Crippen molar-refractivity contribution < 1.29 is 0 Å². The van der Waals surface area contributed by atoms with Gasteiger partial charge in [-0.3, -0.25) is 9.88 Å². The third-order valence-electron chi connectivity index (χ3n) is 3.24. The van der Waals surface area contributed by atoms with Gasteiger partial charge in [0.2, 0.25) is 0 Å². The second-order valence-corrected chi connectivity index (χ2v) is 7.35. The molecule has 1 aromatic heterocycles. The maximum atomic E-state index is 4.75. The molecule has 0 aliphatic carbocycles. The van der Waals surface area contributed by atoms with Crippen molar-refractivity contribution in [2.24, 2.45) is 0 Å². The largest absolute Gasteiger partial charge is 0.306 e. The SMILES string of the molecule is CSCC(C)N(C)Cc1cccc(CNC(C)(C)C)n1. The van der Waals surface area contributed by atoms with Gasteiger partial charge in [-0.25, -0.2) is 0 Å². The maximum Gasteiger partial charge on any atom is 0.0547 e. The lowest BCUT2D eigenvalue weighted by atomic mass is 10.1. The molecule has 0 bridgehead atoms. The fraction of sp³-hybridized carbons (Fsp3) is 0.688. The van der Waals surface area contributed by atoms with E-state index in [1.54, 1.807) is 0 Å². The van der Waals surface area contributed by atoms with E-state index < -0.39 is 0 Å². The first kappa shape index (κ1) is 17.5. The summed E-state index contributed by atoms with van der Waals surface area (Å²) in [6, 6.07) is 6.88. The summed E-state index contributed by atoms with van der Waals surface area (Å²) in [7, 11) is 2.17. The molecule has 3 nitrogen and oxygen atoms in total. The van der Waals surface area contributed by atoms with Crippen molar-refractivity contribution in [2.75, 3.05) is 19.1 Å². The molecule has 0 aromatic carbocycles. The number of thioether (sulfide) groups is 1. The molecule has 0 saturated carbocycles. The Morgan fingerprint density at radius 1 is 1.30 bits per heavy atom. The molecule has 1 unspecified atom stereocenters. The predicted molar refractivity (Wildman–Crippen MR) is 90.1 cm³/mol. The van der Waals surface area contributed by atoms with Gasteiger partial charge in [0.05, 0.1) is 11.4 Å². The van der Waals surface area contributed by atoms with Gasteiger partial charge < -0.3 is 5.32 Å². The van der Waals surface area contributed by atoms with Crippen molar-refractivity contribution in [2.45, 2.75) is 52.4 Å². The lowest BCUT2D eigenvalue weighted by molar-refractivity contribution is 0.266. The maximum absolute atomic E-state index is 4.75. The molecule has 20 heavy (non-hydrogen) atoms. The van der Waals surface area contributed by atoms with E-state index in [0.29, 0.717) is 6.04 Å². The van der Waals surface area contributed by atoms with Crippen LogP contribution in [0.15, 0.2) is 18.2 Å². The normalized spacial score (nSPS) is 13.8. The Kier molecular flexibility index (Phi) is 7.00. The molecule has 0 spiro atoms. The highest BCUT2D eigenvalue weighted by Crippen LogP contribution is 2.09. The third-order valence-corrected chi connectivity index (χ3v) is 4.05. The Morgan fingerprint density at radius 2 is 1.95 bits per heavy atom. The zero-order valence-corrected chi connectivity index (χ0v) is 14.5. The molecule has 0 aliphatic rings. The summed E-state index contributed by atoms with van der Waals surface area (Å²) in [6.45, 7) is 10.5. The molecule has 1 aromatic rings. The van der Waals surface area contributed by atoms with Gasteiger partial charge in [0.15, 0.2) is 0 Å². The minimum Gasteiger partial charge on any atom is -0.306 e. The van der Waals surface area contributed by atoms with Crippen molar-refractivity contribution in [3.63, 3.8) is 0 Å². The summed E-state index contributed by atoms with van der Waals surface area (Å²) < 4.78 is 0. The van der Waals surface area contributed by atoms with Crippen molar-refractivity contribution >= 4 is 11.8 Å². The molecular formula is C16H29N3S. The third kappa shape index (κ3) is 6.73. The van der Waals surface area contributed by atoms with Crippen LogP contribution in [0.2, 0.25) is 0 Å². The van der Waals surface area contributed by atoms with E-state index in [1.165, 1.54) is 0 Å². The molecule has 1 N–H and O–H groups in total. The van der Waals surface area contributed by atoms with E-state index in [-0.39, 0.29) is 5.54 Å². The zero-order chi connectivity index (χ0) is 15.2. The average molecular weight is 295 g/mol. The van der Waals surface area contributed by atoms with Crippen LogP contribution in [0.5, 0.6) is 0 Å². The lowest BCUT2D eigenvalue weighted by Crippen LogP contribution is -2.35. The monoisotopic (exact) mass is 295 g/mol. The van der Waals surface area contributed by atoms with Crippen molar-refractivity contribution in [3.05, 3.63) is 29.6 Å². The van der Waals surface area contributed by atoms with Gasteiger partial charge in [-0.2, -0.15) is 11.8 Å². The van der Waals surface area contributed by atoms with Gasteiger partial charge in [-0.05, 0) is 53.1 Å². The molecule has 114 valence electrons. The van der Waals surface area contributed by atoms with Crippen LogP contribution in [0.3, 0.4) is 0 Å². The summed E-state index contributed by atoms with van der Waals surface area (Å²) in [5.41, 5.74) is 2.39. The van der Waals surface area contributed by atoms with Crippen LogP contribution in [0.25, 0.3) is 0 Å². The first-order chi connectivity index (χ1) is 9.31. The highest BCUT2D eigenvalue weighted by molar-refractivity contribution is 7.98. The minimum absolute atomic E-state index is 0.126. The van der Waals surface area contributed by atoms with E-state index in [2.05, 4.69) is 69.4 Å². The second kappa shape index (κ2) is 8.01. The first-order valence-corrected chi connectivity index (χ1v) is 8.60. The second-order valence-electron chi connectivity index (χ2n) is 6.44. The summed E-state index contributed by atoms with van der Waals surface area (Å²) in [6.07, 6.45) is 2.15. The Morgan fingerprint density at radius 3 is 2.55 bits per heavy atom. The van der Waals surface area contributed by atoms with Crippen LogP contribution < -0.4 is 5.32 Å². The van der Waals surface area contributed by atoms with Crippen molar-refractivity contribution in [3.8, 4) is 0 Å². The van der Waals surface area contributed by atoms with Crippen LogP contribution in [-0.2, 0) is 13.1 Å². The molecule has 0 radical (unpaired) electrons. The Labute approximate surface area is 128 Å². The topological polar surface area (TPSA) is 28.2 Å². The van der Waals surface area contributed by atoms with E-state index >= 15 is 0 Å². The van der Waals surface area contributed by atoms with E-state index in [4.69, 9.17) is 4.98 Å². The Bertz CT molecular complexity index is 401. The summed E-state index contributed by atoms with van der Waals surface area (Å²) >= 11 is 1.89. The highest BCUT2D eigenvalue weighted by atomic mass is 32.2. The number of aromatic nitrogens is 1. The lowest BCUT2D eigenvalue weighted by Gasteiger charge is -2.24. The molecule has 0 amide bonds. The number of pyridine rings is 1. The summed E-state index contributed by atoms with van der Waals surface area (Å²) in [5.74, 6) is 1.15. The average Bonchev–Trinajstić information content (AvgIpc) is 2.36. The minimum atomic E-state index is 0.126. The number of nitrogens with zero attached hydrogens (tertiary/aromatic N) is 2. The van der Waals surface area contributed by atoms with Gasteiger partial charge in [0.1, 0.15) is 0 Å². The number of nitrogens with one attached hydrogen (secondary N) is 1. The molecular weight excluding hydrogens is 266 g/mol. The molecule has 0 fully saturated rings. The zero-order valence-electron chi connectivity index (χ0n) is 13.7. The van der Waals surface area contributed by atoms with Crippen LogP contribution >= 0.6 is 11.8 Å². The van der Waals surface area contributed by atoms with Crippen LogP contribution in [-0.4, -0.2) is 40.5 Å². The van der Waals surface area contributed by atoms with Crippen LogP contribution in [0, 0.1) is 0 Å². The standard InChI is InChI=1S/C16H29N3S/c1-13(12-20-6)19(5)11-15-9-7-8-14(18-15)10-17-16(2,3)4/h7-9,13,17H,10-12H2,1-6H3. The fourth-order valence-electron chi connectivity index (χ4n) is 1.85. The summed E-state index contributed by atoms with van der Waals surface area (Å²) in [5, 5.41) is 3.48. The fourth-order valence-corrected chi connectivity index (χ4v) is 2.59. The van der Waals surface area contributed by atoms with Gasteiger partial charge >= 0.3 is 0 Å². The van der Waals surface area contributed by atoms with Crippen molar-refractivity contribution in [1.82, 2.24) is 15.2 Å². The van der Waals surface area contributed by atoms with Crippen molar-refractivity contribution in [1.29, 1.82) is 0 Å². The number of hydrogen-bond acceptors (Lipinski definition) is 4. The Balaban J connectivity index is 2.59. The molecule has 1 rings (SSSR count).